The maximum atomic E-state index is 12.2. The quantitative estimate of drug-likeness (QED) is 0.575. The zero-order chi connectivity index (χ0) is 17.6. The molecule has 0 spiro atoms. The summed E-state index contributed by atoms with van der Waals surface area (Å²) in [6.07, 6.45) is 1.00. The predicted octanol–water partition coefficient (Wildman–Crippen LogP) is 0.511. The van der Waals surface area contributed by atoms with Gasteiger partial charge in [0.15, 0.2) is 0 Å². The molecule has 1 aromatic carbocycles. The Kier molecular flexibility index (Phi) is 5.78. The first-order valence-electron chi connectivity index (χ1n) is 8.69. The zero-order valence-electron chi connectivity index (χ0n) is 14.2. The monoisotopic (exact) mass is 345 g/mol. The highest BCUT2D eigenvalue weighted by molar-refractivity contribution is 6.21. The highest BCUT2D eigenvalue weighted by Gasteiger charge is 2.34. The van der Waals surface area contributed by atoms with Crippen LogP contribution in [0.1, 0.15) is 33.6 Å². The lowest BCUT2D eigenvalue weighted by Gasteiger charge is -2.26. The van der Waals surface area contributed by atoms with E-state index in [0.717, 1.165) is 44.2 Å². The van der Waals surface area contributed by atoms with Crippen LogP contribution >= 0.6 is 0 Å². The van der Waals surface area contributed by atoms with Crippen LogP contribution in [0.4, 0.5) is 0 Å². The molecule has 2 aliphatic heterocycles. The largest absolute Gasteiger partial charge is 0.379 e. The van der Waals surface area contributed by atoms with Crippen molar-refractivity contribution in [2.45, 2.75) is 12.8 Å². The van der Waals surface area contributed by atoms with Gasteiger partial charge in [-0.05, 0) is 25.1 Å². The standard InChI is InChI=1S/C18H23N3O4/c22-16(19-7-3-8-20-10-12-25-13-11-20)6-9-21-17(23)14-4-1-2-5-15(14)18(21)24/h1-2,4-5H,3,6-13H2,(H,19,22). The van der Waals surface area contributed by atoms with E-state index < -0.39 is 0 Å². The molecule has 1 saturated heterocycles. The molecule has 0 atom stereocenters. The van der Waals surface area contributed by atoms with Gasteiger partial charge in [0.1, 0.15) is 0 Å². The number of fused-ring (bicyclic) bond motifs is 1. The minimum atomic E-state index is -0.319. The van der Waals surface area contributed by atoms with Gasteiger partial charge in [-0.25, -0.2) is 0 Å². The average Bonchev–Trinajstić information content (AvgIpc) is 2.89. The van der Waals surface area contributed by atoms with E-state index in [-0.39, 0.29) is 30.7 Å². The lowest BCUT2D eigenvalue weighted by Crippen LogP contribution is -2.38. The highest BCUT2D eigenvalue weighted by atomic mass is 16.5. The number of benzene rings is 1. The van der Waals surface area contributed by atoms with Gasteiger partial charge < -0.3 is 10.1 Å². The van der Waals surface area contributed by atoms with Gasteiger partial charge in [0, 0.05) is 32.6 Å². The maximum absolute atomic E-state index is 12.2. The number of nitrogens with one attached hydrogen (secondary N) is 1. The molecule has 0 aliphatic carbocycles. The Bertz CT molecular complexity index is 620. The Balaban J connectivity index is 1.37. The number of hydrogen-bond acceptors (Lipinski definition) is 5. The van der Waals surface area contributed by atoms with E-state index in [4.69, 9.17) is 4.74 Å². The van der Waals surface area contributed by atoms with Gasteiger partial charge in [0.05, 0.1) is 24.3 Å². The number of amides is 3. The van der Waals surface area contributed by atoms with E-state index in [2.05, 4.69) is 10.2 Å². The van der Waals surface area contributed by atoms with Crippen LogP contribution in [-0.2, 0) is 9.53 Å². The van der Waals surface area contributed by atoms with Crippen LogP contribution in [0.2, 0.25) is 0 Å². The van der Waals surface area contributed by atoms with Gasteiger partial charge in [0.2, 0.25) is 5.91 Å². The summed E-state index contributed by atoms with van der Waals surface area (Å²) in [6.45, 7) is 5.06. The SMILES string of the molecule is O=C(CCN1C(=O)c2ccccc2C1=O)NCCCN1CCOCC1. The van der Waals surface area contributed by atoms with Crippen LogP contribution in [0.5, 0.6) is 0 Å². The molecular formula is C18H23N3O4. The summed E-state index contributed by atoms with van der Waals surface area (Å²) >= 11 is 0. The van der Waals surface area contributed by atoms with Crippen LogP contribution in [0, 0.1) is 0 Å². The molecule has 2 aliphatic rings. The Morgan fingerprint density at radius 3 is 2.32 bits per heavy atom. The first-order chi connectivity index (χ1) is 12.2. The predicted molar refractivity (Wildman–Crippen MR) is 91.3 cm³/mol. The van der Waals surface area contributed by atoms with Gasteiger partial charge >= 0.3 is 0 Å². The van der Waals surface area contributed by atoms with Crippen LogP contribution in [0.25, 0.3) is 0 Å². The summed E-state index contributed by atoms with van der Waals surface area (Å²) in [5, 5.41) is 2.85. The van der Waals surface area contributed by atoms with E-state index in [9.17, 15) is 14.4 Å². The molecule has 0 saturated carbocycles. The fourth-order valence-electron chi connectivity index (χ4n) is 3.10. The van der Waals surface area contributed by atoms with Crippen molar-refractivity contribution in [3.8, 4) is 0 Å². The molecule has 7 nitrogen and oxygen atoms in total. The normalized spacial score (nSPS) is 17.7. The number of carbonyl (C=O) groups excluding carboxylic acids is 3. The second-order valence-electron chi connectivity index (χ2n) is 6.22. The molecule has 1 aromatic rings. The fourth-order valence-corrected chi connectivity index (χ4v) is 3.10. The van der Waals surface area contributed by atoms with E-state index in [1.54, 1.807) is 24.3 Å². The Hall–Kier alpha value is -2.25. The molecule has 3 amide bonds. The van der Waals surface area contributed by atoms with Gasteiger partial charge in [-0.2, -0.15) is 0 Å². The van der Waals surface area contributed by atoms with E-state index in [0.29, 0.717) is 17.7 Å². The molecule has 0 aromatic heterocycles. The van der Waals surface area contributed by atoms with Crippen molar-refractivity contribution in [2.24, 2.45) is 0 Å². The second kappa shape index (κ2) is 8.22. The molecule has 2 heterocycles. The summed E-state index contributed by atoms with van der Waals surface area (Å²) in [7, 11) is 0. The van der Waals surface area contributed by atoms with Crippen molar-refractivity contribution in [1.82, 2.24) is 15.1 Å². The van der Waals surface area contributed by atoms with Crippen molar-refractivity contribution in [3.63, 3.8) is 0 Å². The number of carbonyl (C=O) groups is 3. The van der Waals surface area contributed by atoms with E-state index in [1.807, 2.05) is 0 Å². The van der Waals surface area contributed by atoms with Gasteiger partial charge in [-0.1, -0.05) is 12.1 Å². The Morgan fingerprint density at radius 1 is 1.04 bits per heavy atom. The summed E-state index contributed by atoms with van der Waals surface area (Å²) in [5.41, 5.74) is 0.830. The van der Waals surface area contributed by atoms with Crippen molar-refractivity contribution >= 4 is 17.7 Å². The van der Waals surface area contributed by atoms with Gasteiger partial charge in [-0.15, -0.1) is 0 Å². The highest BCUT2D eigenvalue weighted by Crippen LogP contribution is 2.22. The van der Waals surface area contributed by atoms with Crippen molar-refractivity contribution in [1.29, 1.82) is 0 Å². The smallest absolute Gasteiger partial charge is 0.261 e. The number of imide groups is 1. The van der Waals surface area contributed by atoms with Crippen molar-refractivity contribution in [3.05, 3.63) is 35.4 Å². The lowest BCUT2D eigenvalue weighted by atomic mass is 10.1. The number of nitrogens with zero attached hydrogens (tertiary/aromatic N) is 2. The van der Waals surface area contributed by atoms with Gasteiger partial charge in [-0.3, -0.25) is 24.2 Å². The minimum absolute atomic E-state index is 0.113. The molecule has 1 fully saturated rings. The lowest BCUT2D eigenvalue weighted by molar-refractivity contribution is -0.121. The number of rotatable bonds is 7. The van der Waals surface area contributed by atoms with Crippen LogP contribution in [0.15, 0.2) is 24.3 Å². The zero-order valence-corrected chi connectivity index (χ0v) is 14.2. The summed E-state index contributed by atoms with van der Waals surface area (Å²) in [6, 6.07) is 6.74. The Labute approximate surface area is 146 Å². The summed E-state index contributed by atoms with van der Waals surface area (Å²) in [5.74, 6) is -0.778. The molecule has 0 radical (unpaired) electrons. The van der Waals surface area contributed by atoms with Crippen molar-refractivity contribution < 1.29 is 19.1 Å². The molecule has 0 bridgehead atoms. The van der Waals surface area contributed by atoms with E-state index >= 15 is 0 Å². The molecule has 134 valence electrons. The molecular weight excluding hydrogens is 322 g/mol. The number of hydrogen-bond donors (Lipinski definition) is 1. The first kappa shape index (κ1) is 17.6. The average molecular weight is 345 g/mol. The second-order valence-corrected chi connectivity index (χ2v) is 6.22. The third-order valence-electron chi connectivity index (χ3n) is 4.52. The first-order valence-corrected chi connectivity index (χ1v) is 8.69. The van der Waals surface area contributed by atoms with Crippen LogP contribution in [-0.4, -0.2) is 73.5 Å². The molecule has 0 unspecified atom stereocenters. The topological polar surface area (TPSA) is 79.0 Å². The fraction of sp³-hybridized carbons (Fsp3) is 0.500. The maximum Gasteiger partial charge on any atom is 0.261 e. The summed E-state index contributed by atoms with van der Waals surface area (Å²) in [4.78, 5) is 39.8. The number of ether oxygens (including phenoxy) is 1. The third kappa shape index (κ3) is 4.24. The molecule has 3 rings (SSSR count). The molecule has 1 N–H and O–H groups in total. The third-order valence-corrected chi connectivity index (χ3v) is 4.52. The van der Waals surface area contributed by atoms with Crippen molar-refractivity contribution in [2.75, 3.05) is 45.9 Å². The van der Waals surface area contributed by atoms with Gasteiger partial charge in [0.25, 0.3) is 11.8 Å². The van der Waals surface area contributed by atoms with E-state index in [1.165, 1.54) is 0 Å². The molecule has 25 heavy (non-hydrogen) atoms. The minimum Gasteiger partial charge on any atom is -0.379 e. The van der Waals surface area contributed by atoms with Crippen LogP contribution < -0.4 is 5.32 Å². The van der Waals surface area contributed by atoms with Crippen LogP contribution in [0.3, 0.4) is 0 Å². The summed E-state index contributed by atoms with van der Waals surface area (Å²) < 4.78 is 5.29. The Morgan fingerprint density at radius 2 is 1.68 bits per heavy atom. The molecule has 7 heteroatoms. The number of morpholine rings is 1.